The van der Waals surface area contributed by atoms with E-state index in [4.69, 9.17) is 9.47 Å². The van der Waals surface area contributed by atoms with Gasteiger partial charge in [0.1, 0.15) is 0 Å². The molecule has 0 saturated heterocycles. The summed E-state index contributed by atoms with van der Waals surface area (Å²) in [7, 11) is 0. The Hall–Kier alpha value is -2.43. The topological polar surface area (TPSA) is 69.7 Å². The van der Waals surface area contributed by atoms with Gasteiger partial charge in [-0.3, -0.25) is 14.4 Å². The van der Waals surface area contributed by atoms with Gasteiger partial charge >= 0.3 is 11.9 Å². The van der Waals surface area contributed by atoms with Crippen LogP contribution < -0.4 is 0 Å². The molecule has 226 valence electrons. The molecule has 0 aromatic rings. The van der Waals surface area contributed by atoms with Crippen LogP contribution in [0.25, 0.3) is 0 Å². The predicted octanol–water partition coefficient (Wildman–Crippen LogP) is 8.89. The summed E-state index contributed by atoms with van der Waals surface area (Å²) in [6, 6.07) is 0. The summed E-state index contributed by atoms with van der Waals surface area (Å²) in [5, 5.41) is 0. The third-order valence-electron chi connectivity index (χ3n) is 7.85. The van der Waals surface area contributed by atoms with E-state index in [1.54, 1.807) is 6.08 Å². The number of rotatable bonds is 17. The molecule has 1 aliphatic carbocycles. The van der Waals surface area contributed by atoms with Crippen LogP contribution in [0.15, 0.2) is 46.6 Å². The second kappa shape index (κ2) is 18.1. The van der Waals surface area contributed by atoms with E-state index in [2.05, 4.69) is 74.5 Å². The van der Waals surface area contributed by atoms with Crippen LogP contribution in [0.5, 0.6) is 0 Å². The first-order valence-electron chi connectivity index (χ1n) is 15.3. The Labute approximate surface area is 244 Å². The van der Waals surface area contributed by atoms with E-state index in [1.165, 1.54) is 22.8 Å². The molecular formula is C35H56O5. The molecule has 0 fully saturated rings. The molecule has 5 nitrogen and oxygen atoms in total. The van der Waals surface area contributed by atoms with Gasteiger partial charge < -0.3 is 9.47 Å². The number of hydrogen-bond acceptors (Lipinski definition) is 5. The molecule has 0 spiro atoms. The molecule has 40 heavy (non-hydrogen) atoms. The molecule has 0 saturated carbocycles. The van der Waals surface area contributed by atoms with Crippen LogP contribution in [-0.2, 0) is 23.9 Å². The highest BCUT2D eigenvalue weighted by Gasteiger charge is 2.36. The molecule has 0 aromatic carbocycles. The lowest BCUT2D eigenvalue weighted by Crippen LogP contribution is -2.34. The highest BCUT2D eigenvalue weighted by Crippen LogP contribution is 2.40. The molecule has 0 aliphatic heterocycles. The fourth-order valence-electron chi connectivity index (χ4n) is 5.09. The molecule has 5 heteroatoms. The van der Waals surface area contributed by atoms with Crippen LogP contribution in [0.3, 0.4) is 0 Å². The van der Waals surface area contributed by atoms with Crippen molar-refractivity contribution in [2.24, 2.45) is 23.2 Å². The first-order chi connectivity index (χ1) is 18.7. The third-order valence-corrected chi connectivity index (χ3v) is 7.85. The molecular weight excluding hydrogens is 500 g/mol. The summed E-state index contributed by atoms with van der Waals surface area (Å²) >= 11 is 0. The van der Waals surface area contributed by atoms with Crippen molar-refractivity contribution in [3.8, 4) is 0 Å². The Morgan fingerprint density at radius 3 is 1.73 bits per heavy atom. The van der Waals surface area contributed by atoms with E-state index in [9.17, 15) is 14.4 Å². The van der Waals surface area contributed by atoms with Gasteiger partial charge in [0.15, 0.2) is 5.78 Å². The van der Waals surface area contributed by atoms with Crippen molar-refractivity contribution in [2.45, 2.75) is 120 Å². The Morgan fingerprint density at radius 1 is 0.825 bits per heavy atom. The van der Waals surface area contributed by atoms with Crippen LogP contribution >= 0.6 is 0 Å². The Kier molecular flexibility index (Phi) is 16.1. The summed E-state index contributed by atoms with van der Waals surface area (Å²) < 4.78 is 10.9. The highest BCUT2D eigenvalue weighted by molar-refractivity contribution is 6.18. The summed E-state index contributed by atoms with van der Waals surface area (Å²) in [5.41, 5.74) is 4.86. The second-order valence-corrected chi connectivity index (χ2v) is 12.9. The van der Waals surface area contributed by atoms with E-state index in [0.29, 0.717) is 24.7 Å². The molecule has 2 unspecified atom stereocenters. The third kappa shape index (κ3) is 13.8. The quantitative estimate of drug-likeness (QED) is 0.0774. The van der Waals surface area contributed by atoms with E-state index < -0.39 is 23.6 Å². The van der Waals surface area contributed by atoms with Crippen molar-refractivity contribution < 1.29 is 23.9 Å². The van der Waals surface area contributed by atoms with Crippen LogP contribution in [0.4, 0.5) is 0 Å². The maximum absolute atomic E-state index is 13.3. The maximum Gasteiger partial charge on any atom is 0.328 e. The molecule has 0 aromatic heterocycles. The van der Waals surface area contributed by atoms with Crippen molar-refractivity contribution in [2.75, 3.05) is 13.2 Å². The molecule has 0 amide bonds. The normalized spacial score (nSPS) is 17.1. The summed E-state index contributed by atoms with van der Waals surface area (Å²) in [5.74, 6) is -3.08. The molecule has 2 atom stereocenters. The minimum Gasteiger partial charge on any atom is -0.465 e. The van der Waals surface area contributed by atoms with E-state index >= 15 is 0 Å². The van der Waals surface area contributed by atoms with Gasteiger partial charge in [0.25, 0.3) is 0 Å². The Morgan fingerprint density at radius 2 is 1.30 bits per heavy atom. The summed E-state index contributed by atoms with van der Waals surface area (Å²) in [6.07, 6.45) is 16.0. The SMILES string of the molecule is CC(C)=CCCC(C)CCOC(=O)C(C(=O)C=CC1=C(C)CCCC1(C)C)C(=O)OCCC(C)CCC=C(C)C. The number of ketones is 1. The van der Waals surface area contributed by atoms with Crippen LogP contribution in [0.2, 0.25) is 0 Å². The van der Waals surface area contributed by atoms with Crippen molar-refractivity contribution in [1.29, 1.82) is 0 Å². The average Bonchev–Trinajstić information content (AvgIpc) is 2.83. The fraction of sp³-hybridized carbons (Fsp3) is 0.686. The molecule has 0 N–H and O–H groups in total. The zero-order valence-electron chi connectivity index (χ0n) is 26.9. The number of esters is 2. The predicted molar refractivity (Wildman–Crippen MR) is 165 cm³/mol. The first-order valence-corrected chi connectivity index (χ1v) is 15.3. The van der Waals surface area contributed by atoms with Crippen molar-refractivity contribution >= 4 is 17.7 Å². The Balaban J connectivity index is 2.88. The standard InChI is InChI=1S/C35H56O5/c1-25(2)13-10-15-27(5)20-23-39-33(37)32(34(38)40-24-21-28(6)16-11-14-26(3)4)31(36)19-18-30-29(7)17-12-22-35(30,8)9/h13-14,18-19,27-28,32H,10-12,15-17,20-24H2,1-9H3. The number of allylic oxidation sites excluding steroid dienone is 8. The van der Waals surface area contributed by atoms with E-state index in [-0.39, 0.29) is 18.6 Å². The smallest absolute Gasteiger partial charge is 0.328 e. The first kappa shape index (κ1) is 35.6. The van der Waals surface area contributed by atoms with E-state index in [0.717, 1.165) is 50.5 Å². The average molecular weight is 557 g/mol. The zero-order valence-corrected chi connectivity index (χ0v) is 26.9. The van der Waals surface area contributed by atoms with Crippen molar-refractivity contribution in [3.63, 3.8) is 0 Å². The largest absolute Gasteiger partial charge is 0.465 e. The van der Waals surface area contributed by atoms with Gasteiger partial charge in [-0.05, 0) is 121 Å². The molecule has 0 bridgehead atoms. The highest BCUT2D eigenvalue weighted by atomic mass is 16.6. The van der Waals surface area contributed by atoms with Gasteiger partial charge in [-0.2, -0.15) is 0 Å². The van der Waals surface area contributed by atoms with Gasteiger partial charge in [0.2, 0.25) is 5.92 Å². The number of hydrogen-bond donors (Lipinski definition) is 0. The Bertz CT molecular complexity index is 908. The van der Waals surface area contributed by atoms with Gasteiger partial charge in [-0.1, -0.05) is 62.6 Å². The van der Waals surface area contributed by atoms with Crippen LogP contribution in [-0.4, -0.2) is 30.9 Å². The van der Waals surface area contributed by atoms with Gasteiger partial charge in [0, 0.05) is 0 Å². The lowest BCUT2D eigenvalue weighted by molar-refractivity contribution is -0.164. The van der Waals surface area contributed by atoms with Crippen molar-refractivity contribution in [1.82, 2.24) is 0 Å². The number of ether oxygens (including phenoxy) is 2. The van der Waals surface area contributed by atoms with Crippen LogP contribution in [0, 0.1) is 23.2 Å². The second-order valence-electron chi connectivity index (χ2n) is 12.9. The maximum atomic E-state index is 13.3. The number of carbonyl (C=O) groups excluding carboxylic acids is 3. The molecule has 0 heterocycles. The molecule has 1 aliphatic rings. The van der Waals surface area contributed by atoms with Gasteiger partial charge in [0.05, 0.1) is 13.2 Å². The van der Waals surface area contributed by atoms with Crippen LogP contribution in [0.1, 0.15) is 120 Å². The zero-order chi connectivity index (χ0) is 30.3. The monoisotopic (exact) mass is 556 g/mol. The molecule has 0 radical (unpaired) electrons. The van der Waals surface area contributed by atoms with E-state index in [1.807, 2.05) is 0 Å². The summed E-state index contributed by atoms with van der Waals surface area (Å²) in [4.78, 5) is 39.4. The van der Waals surface area contributed by atoms with Crippen molar-refractivity contribution in [3.05, 3.63) is 46.6 Å². The number of carbonyl (C=O) groups is 3. The minimum atomic E-state index is -1.59. The summed E-state index contributed by atoms with van der Waals surface area (Å²) in [6.45, 7) is 19.3. The fourth-order valence-corrected chi connectivity index (χ4v) is 5.09. The minimum absolute atomic E-state index is 0.0566. The lowest BCUT2D eigenvalue weighted by atomic mass is 9.72. The van der Waals surface area contributed by atoms with Gasteiger partial charge in [-0.15, -0.1) is 0 Å². The lowest BCUT2D eigenvalue weighted by Gasteiger charge is -2.32. The van der Waals surface area contributed by atoms with Gasteiger partial charge in [-0.25, -0.2) is 0 Å². The molecule has 1 rings (SSSR count).